The van der Waals surface area contributed by atoms with Crippen LogP contribution < -0.4 is 4.72 Å². The van der Waals surface area contributed by atoms with Crippen LogP contribution in [-0.4, -0.2) is 68.4 Å². The third-order valence-corrected chi connectivity index (χ3v) is 6.95. The minimum Gasteiger partial charge on any atom is -0.507 e. The van der Waals surface area contributed by atoms with Gasteiger partial charge >= 0.3 is 0 Å². The van der Waals surface area contributed by atoms with Gasteiger partial charge in [-0.25, -0.2) is 13.1 Å². The van der Waals surface area contributed by atoms with E-state index in [9.17, 15) is 23.1 Å². The van der Waals surface area contributed by atoms with Crippen molar-refractivity contribution in [3.05, 3.63) is 58.7 Å². The van der Waals surface area contributed by atoms with Crippen LogP contribution in [0.4, 0.5) is 0 Å². The molecule has 3 rings (SSSR count). The van der Waals surface area contributed by atoms with Gasteiger partial charge in [0.05, 0.1) is 10.5 Å². The van der Waals surface area contributed by atoms with Gasteiger partial charge in [-0.05, 0) is 56.3 Å². The number of hydrogen-bond donors (Lipinski definition) is 2. The first-order valence-electron chi connectivity index (χ1n) is 9.57. The second-order valence-electron chi connectivity index (χ2n) is 7.23. The van der Waals surface area contributed by atoms with Gasteiger partial charge in [0.1, 0.15) is 5.75 Å². The molecule has 9 heteroatoms. The van der Waals surface area contributed by atoms with Crippen molar-refractivity contribution in [2.75, 3.05) is 33.2 Å². The van der Waals surface area contributed by atoms with Crippen molar-refractivity contribution in [3.8, 4) is 5.75 Å². The van der Waals surface area contributed by atoms with Crippen molar-refractivity contribution in [2.24, 2.45) is 0 Å². The second kappa shape index (κ2) is 8.45. The number of aromatic hydroxyl groups is 1. The number of hydrogen-bond acceptors (Lipinski definition) is 5. The molecule has 30 heavy (non-hydrogen) atoms. The van der Waals surface area contributed by atoms with E-state index >= 15 is 0 Å². The molecule has 1 fully saturated rings. The number of carbonyl (C=O) groups excluding carboxylic acids is 2. The van der Waals surface area contributed by atoms with E-state index in [1.165, 1.54) is 19.2 Å². The Hall–Kier alpha value is -2.91. The van der Waals surface area contributed by atoms with E-state index in [2.05, 4.69) is 4.72 Å². The van der Waals surface area contributed by atoms with Gasteiger partial charge in [0, 0.05) is 31.7 Å². The van der Waals surface area contributed by atoms with Crippen LogP contribution in [0.1, 0.15) is 31.8 Å². The van der Waals surface area contributed by atoms with E-state index in [1.807, 2.05) is 0 Å². The molecular formula is C21H25N3O5S. The zero-order chi connectivity index (χ0) is 22.1. The average Bonchev–Trinajstić information content (AvgIpc) is 2.75. The fourth-order valence-electron chi connectivity index (χ4n) is 3.46. The fraction of sp³-hybridized carbons (Fsp3) is 0.333. The summed E-state index contributed by atoms with van der Waals surface area (Å²) in [4.78, 5) is 28.9. The Morgan fingerprint density at radius 2 is 1.53 bits per heavy atom. The number of piperazine rings is 1. The first-order valence-corrected chi connectivity index (χ1v) is 11.1. The molecule has 1 heterocycles. The summed E-state index contributed by atoms with van der Waals surface area (Å²) < 4.78 is 26.9. The van der Waals surface area contributed by atoms with Gasteiger partial charge in [0.2, 0.25) is 10.0 Å². The lowest BCUT2D eigenvalue weighted by atomic mass is 10.0. The van der Waals surface area contributed by atoms with Gasteiger partial charge < -0.3 is 14.9 Å². The molecule has 0 atom stereocenters. The van der Waals surface area contributed by atoms with Crippen LogP contribution in [0.3, 0.4) is 0 Å². The maximum atomic E-state index is 13.0. The monoisotopic (exact) mass is 431 g/mol. The molecule has 0 bridgehead atoms. The van der Waals surface area contributed by atoms with Crippen molar-refractivity contribution >= 4 is 21.8 Å². The van der Waals surface area contributed by atoms with Gasteiger partial charge in [-0.15, -0.1) is 0 Å². The maximum Gasteiger partial charge on any atom is 0.257 e. The van der Waals surface area contributed by atoms with E-state index in [-0.39, 0.29) is 28.0 Å². The summed E-state index contributed by atoms with van der Waals surface area (Å²) in [5, 5.41) is 9.89. The lowest BCUT2D eigenvalue weighted by Gasteiger charge is -2.35. The minimum absolute atomic E-state index is 0.0746. The number of nitrogens with one attached hydrogen (secondary N) is 1. The van der Waals surface area contributed by atoms with Gasteiger partial charge in [0.25, 0.3) is 11.8 Å². The number of nitrogens with zero attached hydrogens (tertiary/aromatic N) is 2. The largest absolute Gasteiger partial charge is 0.507 e. The Morgan fingerprint density at radius 3 is 2.10 bits per heavy atom. The van der Waals surface area contributed by atoms with Crippen LogP contribution in [0.2, 0.25) is 0 Å². The number of aryl methyl sites for hydroxylation is 1. The first-order chi connectivity index (χ1) is 14.2. The number of phenolic OH excluding ortho intramolecular Hbond substituents is 1. The molecule has 1 saturated heterocycles. The lowest BCUT2D eigenvalue weighted by molar-refractivity contribution is 0.0533. The van der Waals surface area contributed by atoms with Crippen LogP contribution in [0.15, 0.2) is 41.3 Å². The molecule has 2 N–H and O–H groups in total. The fourth-order valence-corrected chi connectivity index (χ4v) is 4.53. The van der Waals surface area contributed by atoms with E-state index in [1.54, 1.807) is 47.9 Å². The molecular weight excluding hydrogens is 406 g/mol. The topological polar surface area (TPSA) is 107 Å². The molecule has 8 nitrogen and oxygen atoms in total. The number of sulfonamides is 1. The van der Waals surface area contributed by atoms with Crippen LogP contribution in [0, 0.1) is 13.8 Å². The third kappa shape index (κ3) is 4.17. The second-order valence-corrected chi connectivity index (χ2v) is 9.08. The number of benzene rings is 2. The predicted molar refractivity (Wildman–Crippen MR) is 112 cm³/mol. The normalized spacial score (nSPS) is 14.6. The summed E-state index contributed by atoms with van der Waals surface area (Å²) in [6.07, 6.45) is 0. The van der Waals surface area contributed by atoms with E-state index < -0.39 is 10.0 Å². The highest BCUT2D eigenvalue weighted by molar-refractivity contribution is 7.89. The molecule has 1 aliphatic heterocycles. The molecule has 0 spiro atoms. The number of carbonyl (C=O) groups is 2. The van der Waals surface area contributed by atoms with Crippen molar-refractivity contribution in [2.45, 2.75) is 18.7 Å². The molecule has 0 saturated carbocycles. The smallest absolute Gasteiger partial charge is 0.257 e. The minimum atomic E-state index is -3.69. The molecule has 1 aliphatic rings. The molecule has 0 aromatic heterocycles. The summed E-state index contributed by atoms with van der Waals surface area (Å²) in [6, 6.07) is 9.44. The summed E-state index contributed by atoms with van der Waals surface area (Å²) in [6.45, 7) is 4.76. The van der Waals surface area contributed by atoms with Crippen molar-refractivity contribution in [1.29, 1.82) is 0 Å². The van der Waals surface area contributed by atoms with Crippen LogP contribution in [0.5, 0.6) is 5.75 Å². The Kier molecular flexibility index (Phi) is 6.14. The molecule has 2 aromatic rings. The zero-order valence-electron chi connectivity index (χ0n) is 17.2. The van der Waals surface area contributed by atoms with Crippen LogP contribution in [-0.2, 0) is 10.0 Å². The summed E-state index contributed by atoms with van der Waals surface area (Å²) in [5.41, 5.74) is 1.84. The molecule has 0 radical (unpaired) electrons. The predicted octanol–water partition coefficient (Wildman–Crippen LogP) is 1.52. The van der Waals surface area contributed by atoms with Crippen LogP contribution in [0.25, 0.3) is 0 Å². The Bertz CT molecular complexity index is 1090. The molecule has 160 valence electrons. The highest BCUT2D eigenvalue weighted by Gasteiger charge is 2.28. The number of amides is 2. The molecule has 2 amide bonds. The van der Waals surface area contributed by atoms with E-state index in [0.717, 1.165) is 0 Å². The van der Waals surface area contributed by atoms with Crippen molar-refractivity contribution < 1.29 is 23.1 Å². The highest BCUT2D eigenvalue weighted by Crippen LogP contribution is 2.23. The van der Waals surface area contributed by atoms with Gasteiger partial charge in [0.15, 0.2) is 0 Å². The molecule has 0 aliphatic carbocycles. The summed E-state index contributed by atoms with van der Waals surface area (Å²) >= 11 is 0. The lowest BCUT2D eigenvalue weighted by Crippen LogP contribution is -2.50. The SMILES string of the molecule is CNS(=O)(=O)c1cc(C(=O)N2CCN(C(=O)c3ccccc3O)CC2)cc(C)c1C. The van der Waals surface area contributed by atoms with Crippen molar-refractivity contribution in [3.63, 3.8) is 0 Å². The van der Waals surface area contributed by atoms with Gasteiger partial charge in [-0.1, -0.05) is 12.1 Å². The number of phenols is 1. The average molecular weight is 432 g/mol. The number of para-hydroxylation sites is 1. The highest BCUT2D eigenvalue weighted by atomic mass is 32.2. The number of rotatable bonds is 4. The Morgan fingerprint density at radius 1 is 0.967 bits per heavy atom. The van der Waals surface area contributed by atoms with Crippen molar-refractivity contribution in [1.82, 2.24) is 14.5 Å². The molecule has 2 aromatic carbocycles. The third-order valence-electron chi connectivity index (χ3n) is 5.41. The quantitative estimate of drug-likeness (QED) is 0.763. The Balaban J connectivity index is 1.76. The van der Waals surface area contributed by atoms with E-state index in [4.69, 9.17) is 0 Å². The maximum absolute atomic E-state index is 13.0. The van der Waals surface area contributed by atoms with E-state index in [0.29, 0.717) is 42.9 Å². The summed E-state index contributed by atoms with van der Waals surface area (Å²) in [5.74, 6) is -0.636. The molecule has 0 unspecified atom stereocenters. The van der Waals surface area contributed by atoms with Gasteiger partial charge in [-0.2, -0.15) is 0 Å². The first kappa shape index (κ1) is 21.8. The summed E-state index contributed by atoms with van der Waals surface area (Å²) in [7, 11) is -2.36. The zero-order valence-corrected chi connectivity index (χ0v) is 18.0. The Labute approximate surface area is 176 Å². The standard InChI is InChI=1S/C21H25N3O5S/c1-14-12-16(13-19(15(14)2)30(28,29)22-3)20(26)23-8-10-24(11-9-23)21(27)17-6-4-5-7-18(17)25/h4-7,12-13,22,25H,8-11H2,1-3H3. The van der Waals surface area contributed by atoms with Crippen LogP contribution >= 0.6 is 0 Å². The van der Waals surface area contributed by atoms with Gasteiger partial charge in [-0.3, -0.25) is 9.59 Å².